The molecule has 0 spiro atoms. The molecular weight excluding hydrogens is 276 g/mol. The Kier molecular flexibility index (Phi) is 22.0. The third kappa shape index (κ3) is 31.7. The van der Waals surface area contributed by atoms with Crippen molar-refractivity contribution >= 4 is 5.97 Å². The lowest BCUT2D eigenvalue weighted by Gasteiger charge is -2.02. The molecule has 0 aromatic heterocycles. The van der Waals surface area contributed by atoms with E-state index in [1.54, 1.807) is 13.8 Å². The van der Waals surface area contributed by atoms with Crippen molar-refractivity contribution in [1.29, 1.82) is 0 Å². The number of rotatable bonds is 14. The lowest BCUT2D eigenvalue weighted by molar-refractivity contribution is -0.137. The number of hydrogen-bond donors (Lipinski definition) is 2. The SMILES string of the molecule is CC(C)O.CCCCCCCCCCCCCCCC(=O)O. The van der Waals surface area contributed by atoms with Crippen LogP contribution in [0.4, 0.5) is 0 Å². The molecule has 3 nitrogen and oxygen atoms in total. The zero-order valence-electron chi connectivity index (χ0n) is 15.3. The summed E-state index contributed by atoms with van der Waals surface area (Å²) >= 11 is 0. The molecule has 22 heavy (non-hydrogen) atoms. The summed E-state index contributed by atoms with van der Waals surface area (Å²) in [5.41, 5.74) is 0. The molecule has 0 aliphatic rings. The molecule has 2 N–H and O–H groups in total. The molecule has 0 aliphatic heterocycles. The summed E-state index contributed by atoms with van der Waals surface area (Å²) in [5.74, 6) is -0.655. The zero-order valence-corrected chi connectivity index (χ0v) is 15.3. The van der Waals surface area contributed by atoms with Gasteiger partial charge in [0, 0.05) is 12.5 Å². The fourth-order valence-corrected chi connectivity index (χ4v) is 2.29. The maximum Gasteiger partial charge on any atom is 0.303 e. The summed E-state index contributed by atoms with van der Waals surface area (Å²) in [5, 5.41) is 16.5. The third-order valence-electron chi connectivity index (χ3n) is 3.49. The molecule has 0 fully saturated rings. The van der Waals surface area contributed by atoms with E-state index in [-0.39, 0.29) is 6.10 Å². The molecule has 0 amide bonds. The van der Waals surface area contributed by atoms with Gasteiger partial charge in [0.05, 0.1) is 0 Å². The second-order valence-electron chi connectivity index (χ2n) is 6.48. The maximum atomic E-state index is 10.3. The molecule has 0 atom stereocenters. The zero-order chi connectivity index (χ0) is 17.1. The highest BCUT2D eigenvalue weighted by Gasteiger charge is 1.96. The summed E-state index contributed by atoms with van der Waals surface area (Å²) in [6.45, 7) is 5.70. The molecule has 0 radical (unpaired) electrons. The Morgan fingerprint density at radius 2 is 1.00 bits per heavy atom. The number of carbonyl (C=O) groups is 1. The van der Waals surface area contributed by atoms with Crippen molar-refractivity contribution in [1.82, 2.24) is 0 Å². The quantitative estimate of drug-likeness (QED) is 0.390. The van der Waals surface area contributed by atoms with Crippen LogP contribution in [-0.2, 0) is 4.79 Å². The van der Waals surface area contributed by atoms with Gasteiger partial charge in [0.25, 0.3) is 0 Å². The van der Waals surface area contributed by atoms with E-state index in [0.717, 1.165) is 12.8 Å². The first-order valence-electron chi connectivity index (χ1n) is 9.40. The largest absolute Gasteiger partial charge is 0.481 e. The highest BCUT2D eigenvalue weighted by molar-refractivity contribution is 5.66. The van der Waals surface area contributed by atoms with E-state index < -0.39 is 5.97 Å². The average molecular weight is 317 g/mol. The van der Waals surface area contributed by atoms with Gasteiger partial charge in [-0.25, -0.2) is 0 Å². The standard InChI is InChI=1S/C16H32O2.C3H8O/c1-2-3-4-5-6-7-8-9-10-11-12-13-14-15-16(17)18;1-3(2)4/h2-15H2,1H3,(H,17,18);3-4H,1-2H3. The van der Waals surface area contributed by atoms with Crippen molar-refractivity contribution < 1.29 is 15.0 Å². The fourth-order valence-electron chi connectivity index (χ4n) is 2.29. The van der Waals surface area contributed by atoms with E-state index in [1.807, 2.05) is 0 Å². The first-order valence-corrected chi connectivity index (χ1v) is 9.40. The van der Waals surface area contributed by atoms with Gasteiger partial charge in [-0.3, -0.25) is 4.79 Å². The molecule has 0 saturated carbocycles. The van der Waals surface area contributed by atoms with Gasteiger partial charge in [-0.05, 0) is 20.3 Å². The number of unbranched alkanes of at least 4 members (excludes halogenated alkanes) is 12. The minimum Gasteiger partial charge on any atom is -0.481 e. The van der Waals surface area contributed by atoms with Gasteiger partial charge in [0.2, 0.25) is 0 Å². The Bertz CT molecular complexity index is 212. The second-order valence-corrected chi connectivity index (χ2v) is 6.48. The van der Waals surface area contributed by atoms with E-state index in [9.17, 15) is 4.79 Å². The number of carboxylic acids is 1. The van der Waals surface area contributed by atoms with Crippen molar-refractivity contribution in [3.63, 3.8) is 0 Å². The van der Waals surface area contributed by atoms with Gasteiger partial charge in [-0.15, -0.1) is 0 Å². The minimum absolute atomic E-state index is 0.167. The Labute approximate surface area is 138 Å². The highest BCUT2D eigenvalue weighted by Crippen LogP contribution is 2.12. The molecule has 0 aromatic carbocycles. The minimum atomic E-state index is -0.655. The monoisotopic (exact) mass is 316 g/mol. The van der Waals surface area contributed by atoms with E-state index in [4.69, 9.17) is 10.2 Å². The molecule has 0 bridgehead atoms. The topological polar surface area (TPSA) is 57.5 Å². The van der Waals surface area contributed by atoms with Crippen molar-refractivity contribution in [3.8, 4) is 0 Å². The van der Waals surface area contributed by atoms with Gasteiger partial charge in [-0.1, -0.05) is 84.0 Å². The lowest BCUT2D eigenvalue weighted by atomic mass is 10.0. The Hall–Kier alpha value is -0.570. The molecule has 0 aromatic rings. The van der Waals surface area contributed by atoms with Crippen LogP contribution in [0.5, 0.6) is 0 Å². The van der Waals surface area contributed by atoms with Crippen LogP contribution in [0.25, 0.3) is 0 Å². The van der Waals surface area contributed by atoms with Crippen LogP contribution in [-0.4, -0.2) is 22.3 Å². The molecular formula is C19H40O3. The van der Waals surface area contributed by atoms with Crippen LogP contribution < -0.4 is 0 Å². The van der Waals surface area contributed by atoms with Gasteiger partial charge in [0.15, 0.2) is 0 Å². The highest BCUT2D eigenvalue weighted by atomic mass is 16.4. The fraction of sp³-hybridized carbons (Fsp3) is 0.947. The predicted octanol–water partition coefficient (Wildman–Crippen LogP) is 5.94. The van der Waals surface area contributed by atoms with Crippen molar-refractivity contribution in [2.24, 2.45) is 0 Å². The van der Waals surface area contributed by atoms with Crippen molar-refractivity contribution in [2.45, 2.75) is 117 Å². The molecule has 0 saturated heterocycles. The molecule has 3 heteroatoms. The molecule has 0 unspecified atom stereocenters. The number of hydrogen-bond acceptors (Lipinski definition) is 2. The Balaban J connectivity index is 0. The summed E-state index contributed by atoms with van der Waals surface area (Å²) in [7, 11) is 0. The normalized spacial score (nSPS) is 10.4. The summed E-state index contributed by atoms with van der Waals surface area (Å²) in [4.78, 5) is 10.3. The summed E-state index contributed by atoms with van der Waals surface area (Å²) in [6, 6.07) is 0. The van der Waals surface area contributed by atoms with Crippen LogP contribution in [0.3, 0.4) is 0 Å². The van der Waals surface area contributed by atoms with E-state index in [1.165, 1.54) is 70.6 Å². The van der Waals surface area contributed by atoms with Gasteiger partial charge >= 0.3 is 5.97 Å². The summed E-state index contributed by atoms with van der Waals surface area (Å²) in [6.07, 6.45) is 17.1. The first-order chi connectivity index (χ1) is 10.5. The Morgan fingerprint density at radius 1 is 0.727 bits per heavy atom. The van der Waals surface area contributed by atoms with Gasteiger partial charge in [-0.2, -0.15) is 0 Å². The maximum absolute atomic E-state index is 10.3. The van der Waals surface area contributed by atoms with E-state index in [0.29, 0.717) is 6.42 Å². The van der Waals surface area contributed by atoms with E-state index >= 15 is 0 Å². The van der Waals surface area contributed by atoms with E-state index in [2.05, 4.69) is 6.92 Å². The smallest absolute Gasteiger partial charge is 0.303 e. The van der Waals surface area contributed by atoms with Crippen LogP contribution in [0, 0.1) is 0 Å². The molecule has 0 rings (SSSR count). The molecule has 0 aliphatic carbocycles. The number of aliphatic carboxylic acids is 1. The van der Waals surface area contributed by atoms with Crippen molar-refractivity contribution in [2.75, 3.05) is 0 Å². The van der Waals surface area contributed by atoms with Gasteiger partial charge in [0.1, 0.15) is 0 Å². The number of aliphatic hydroxyl groups excluding tert-OH is 1. The van der Waals surface area contributed by atoms with Crippen LogP contribution in [0.2, 0.25) is 0 Å². The number of carboxylic acid groups (broad SMARTS) is 1. The second kappa shape index (κ2) is 20.4. The van der Waals surface area contributed by atoms with Crippen LogP contribution in [0.1, 0.15) is 111 Å². The van der Waals surface area contributed by atoms with Crippen LogP contribution in [0.15, 0.2) is 0 Å². The average Bonchev–Trinajstić information content (AvgIpc) is 2.43. The molecule has 0 heterocycles. The van der Waals surface area contributed by atoms with Gasteiger partial charge < -0.3 is 10.2 Å². The number of aliphatic hydroxyl groups is 1. The van der Waals surface area contributed by atoms with Crippen LogP contribution >= 0.6 is 0 Å². The summed E-state index contributed by atoms with van der Waals surface area (Å²) < 4.78 is 0. The van der Waals surface area contributed by atoms with Crippen molar-refractivity contribution in [3.05, 3.63) is 0 Å². The molecule has 134 valence electrons. The lowest BCUT2D eigenvalue weighted by Crippen LogP contribution is -1.93. The predicted molar refractivity (Wildman–Crippen MR) is 95.3 cm³/mol. The first kappa shape index (κ1) is 23.7. The Morgan fingerprint density at radius 3 is 1.27 bits per heavy atom. The third-order valence-corrected chi connectivity index (χ3v) is 3.49.